The number of nitrogens with zero attached hydrogens (tertiary/aromatic N) is 1. The Bertz CT molecular complexity index is 266. The third-order valence-electron chi connectivity index (χ3n) is 1.46. The van der Waals surface area contributed by atoms with E-state index < -0.39 is 0 Å². The summed E-state index contributed by atoms with van der Waals surface area (Å²) < 4.78 is 0. The van der Waals surface area contributed by atoms with E-state index in [0.717, 1.165) is 5.00 Å². The Kier molecular flexibility index (Phi) is 3.05. The van der Waals surface area contributed by atoms with Crippen molar-refractivity contribution in [2.24, 2.45) is 0 Å². The molecule has 0 aliphatic rings. The van der Waals surface area contributed by atoms with Gasteiger partial charge < -0.3 is 4.90 Å². The standard InChI is InChI=1S/C9H11NOS/c1-3-6-10(8(2)11)9-5-4-7-12-9/h3-5,7H,1,6H2,2H3. The van der Waals surface area contributed by atoms with E-state index in [-0.39, 0.29) is 5.91 Å². The van der Waals surface area contributed by atoms with Crippen LogP contribution in [0.15, 0.2) is 30.2 Å². The summed E-state index contributed by atoms with van der Waals surface area (Å²) in [6, 6.07) is 3.86. The SMILES string of the molecule is C=CCN(C(C)=O)c1cccs1. The first-order valence-corrected chi connectivity index (χ1v) is 4.56. The number of rotatable bonds is 3. The molecule has 0 saturated heterocycles. The van der Waals surface area contributed by atoms with Gasteiger partial charge in [0.1, 0.15) is 0 Å². The van der Waals surface area contributed by atoms with Gasteiger partial charge in [-0.15, -0.1) is 17.9 Å². The molecule has 1 aromatic heterocycles. The molecule has 1 aromatic rings. The second-order valence-electron chi connectivity index (χ2n) is 2.37. The molecule has 1 amide bonds. The Hall–Kier alpha value is -1.09. The Balaban J connectivity index is 2.80. The molecular formula is C9H11NOS. The summed E-state index contributed by atoms with van der Waals surface area (Å²) in [5, 5.41) is 2.93. The molecule has 2 nitrogen and oxygen atoms in total. The lowest BCUT2D eigenvalue weighted by Crippen LogP contribution is -2.27. The maximum absolute atomic E-state index is 11.1. The second-order valence-corrected chi connectivity index (χ2v) is 3.30. The highest BCUT2D eigenvalue weighted by Crippen LogP contribution is 2.20. The lowest BCUT2D eigenvalue weighted by atomic mass is 10.4. The van der Waals surface area contributed by atoms with E-state index in [9.17, 15) is 4.79 Å². The van der Waals surface area contributed by atoms with Crippen LogP contribution in [0.4, 0.5) is 5.00 Å². The molecule has 0 spiro atoms. The smallest absolute Gasteiger partial charge is 0.224 e. The van der Waals surface area contributed by atoms with Crippen molar-refractivity contribution < 1.29 is 4.79 Å². The van der Waals surface area contributed by atoms with E-state index in [1.54, 1.807) is 29.2 Å². The topological polar surface area (TPSA) is 20.3 Å². The minimum Gasteiger partial charge on any atom is -0.300 e. The summed E-state index contributed by atoms with van der Waals surface area (Å²) >= 11 is 1.56. The second kappa shape index (κ2) is 4.07. The monoisotopic (exact) mass is 181 g/mol. The predicted molar refractivity (Wildman–Crippen MR) is 52.5 cm³/mol. The van der Waals surface area contributed by atoms with Crippen LogP contribution in [0.5, 0.6) is 0 Å². The highest BCUT2D eigenvalue weighted by molar-refractivity contribution is 7.14. The fraction of sp³-hybridized carbons (Fsp3) is 0.222. The van der Waals surface area contributed by atoms with Gasteiger partial charge in [-0.25, -0.2) is 0 Å². The van der Waals surface area contributed by atoms with Crippen LogP contribution in [0, 0.1) is 0 Å². The van der Waals surface area contributed by atoms with Gasteiger partial charge in [0.05, 0.1) is 5.00 Å². The van der Waals surface area contributed by atoms with E-state index in [1.807, 2.05) is 17.5 Å². The zero-order chi connectivity index (χ0) is 8.97. The fourth-order valence-corrected chi connectivity index (χ4v) is 1.71. The van der Waals surface area contributed by atoms with Crippen LogP contribution in [-0.2, 0) is 4.79 Å². The van der Waals surface area contributed by atoms with Gasteiger partial charge in [0.15, 0.2) is 0 Å². The van der Waals surface area contributed by atoms with E-state index in [1.165, 1.54) is 0 Å². The quantitative estimate of drug-likeness (QED) is 0.655. The van der Waals surface area contributed by atoms with Crippen molar-refractivity contribution in [1.29, 1.82) is 0 Å². The Labute approximate surface area is 76.1 Å². The van der Waals surface area contributed by atoms with Crippen molar-refractivity contribution in [1.82, 2.24) is 0 Å². The van der Waals surface area contributed by atoms with Gasteiger partial charge in [0.2, 0.25) is 5.91 Å². The molecule has 64 valence electrons. The zero-order valence-corrected chi connectivity index (χ0v) is 7.80. The first kappa shape index (κ1) is 9.00. The Morgan fingerprint density at radius 3 is 3.00 bits per heavy atom. The van der Waals surface area contributed by atoms with E-state index >= 15 is 0 Å². The number of hydrogen-bond donors (Lipinski definition) is 0. The van der Waals surface area contributed by atoms with Crippen LogP contribution in [0.1, 0.15) is 6.92 Å². The van der Waals surface area contributed by atoms with Gasteiger partial charge in [-0.2, -0.15) is 0 Å². The average Bonchev–Trinajstić information content (AvgIpc) is 2.51. The van der Waals surface area contributed by atoms with Crippen LogP contribution in [-0.4, -0.2) is 12.5 Å². The number of amides is 1. The lowest BCUT2D eigenvalue weighted by molar-refractivity contribution is -0.116. The highest BCUT2D eigenvalue weighted by atomic mass is 32.1. The molecule has 3 heteroatoms. The average molecular weight is 181 g/mol. The molecule has 0 aromatic carbocycles. The molecule has 0 bridgehead atoms. The van der Waals surface area contributed by atoms with Crippen molar-refractivity contribution in [3.63, 3.8) is 0 Å². The summed E-state index contributed by atoms with van der Waals surface area (Å²) in [6.45, 7) is 5.74. The highest BCUT2D eigenvalue weighted by Gasteiger charge is 2.09. The molecule has 0 aliphatic carbocycles. The van der Waals surface area contributed by atoms with Crippen LogP contribution in [0.2, 0.25) is 0 Å². The normalized spacial score (nSPS) is 9.42. The first-order chi connectivity index (χ1) is 5.75. The third kappa shape index (κ3) is 1.95. The number of thiophene rings is 1. The summed E-state index contributed by atoms with van der Waals surface area (Å²) in [7, 11) is 0. The van der Waals surface area contributed by atoms with Gasteiger partial charge in [-0.05, 0) is 17.5 Å². The van der Waals surface area contributed by atoms with E-state index in [4.69, 9.17) is 0 Å². The fourth-order valence-electron chi connectivity index (χ4n) is 0.926. The molecular weight excluding hydrogens is 170 g/mol. The van der Waals surface area contributed by atoms with Crippen molar-refractivity contribution in [3.05, 3.63) is 30.2 Å². The van der Waals surface area contributed by atoms with Crippen molar-refractivity contribution in [3.8, 4) is 0 Å². The first-order valence-electron chi connectivity index (χ1n) is 3.68. The molecule has 0 radical (unpaired) electrons. The molecule has 1 heterocycles. The largest absolute Gasteiger partial charge is 0.300 e. The maximum Gasteiger partial charge on any atom is 0.224 e. The van der Waals surface area contributed by atoms with Gasteiger partial charge in [-0.1, -0.05) is 6.08 Å². The van der Waals surface area contributed by atoms with E-state index in [0.29, 0.717) is 6.54 Å². The van der Waals surface area contributed by atoms with Crippen molar-refractivity contribution >= 4 is 22.2 Å². The molecule has 0 saturated carbocycles. The van der Waals surface area contributed by atoms with Crippen LogP contribution >= 0.6 is 11.3 Å². The summed E-state index contributed by atoms with van der Waals surface area (Å²) in [4.78, 5) is 12.8. The molecule has 0 atom stereocenters. The molecule has 0 aliphatic heterocycles. The van der Waals surface area contributed by atoms with Crippen LogP contribution in [0.25, 0.3) is 0 Å². The Morgan fingerprint density at radius 2 is 2.58 bits per heavy atom. The number of hydrogen-bond acceptors (Lipinski definition) is 2. The van der Waals surface area contributed by atoms with Gasteiger partial charge in [0, 0.05) is 13.5 Å². The number of carbonyl (C=O) groups is 1. The molecule has 0 N–H and O–H groups in total. The van der Waals surface area contributed by atoms with Crippen LogP contribution < -0.4 is 4.90 Å². The molecule has 1 rings (SSSR count). The minimum absolute atomic E-state index is 0.0531. The van der Waals surface area contributed by atoms with Crippen molar-refractivity contribution in [2.45, 2.75) is 6.92 Å². The number of anilines is 1. The van der Waals surface area contributed by atoms with E-state index in [2.05, 4.69) is 6.58 Å². The predicted octanol–water partition coefficient (Wildman–Crippen LogP) is 2.29. The Morgan fingerprint density at radius 1 is 1.83 bits per heavy atom. The summed E-state index contributed by atoms with van der Waals surface area (Å²) in [6.07, 6.45) is 1.72. The third-order valence-corrected chi connectivity index (χ3v) is 2.36. The van der Waals surface area contributed by atoms with Gasteiger partial charge >= 0.3 is 0 Å². The van der Waals surface area contributed by atoms with Crippen LogP contribution in [0.3, 0.4) is 0 Å². The van der Waals surface area contributed by atoms with Crippen molar-refractivity contribution in [2.75, 3.05) is 11.4 Å². The zero-order valence-electron chi connectivity index (χ0n) is 6.99. The minimum atomic E-state index is 0.0531. The van der Waals surface area contributed by atoms with Gasteiger partial charge in [-0.3, -0.25) is 4.79 Å². The number of carbonyl (C=O) groups excluding carboxylic acids is 1. The van der Waals surface area contributed by atoms with Gasteiger partial charge in [0.25, 0.3) is 0 Å². The molecule has 12 heavy (non-hydrogen) atoms. The maximum atomic E-state index is 11.1. The summed E-state index contributed by atoms with van der Waals surface area (Å²) in [5.74, 6) is 0.0531. The lowest BCUT2D eigenvalue weighted by Gasteiger charge is -2.16. The summed E-state index contributed by atoms with van der Waals surface area (Å²) in [5.41, 5.74) is 0. The molecule has 0 unspecified atom stereocenters. The molecule has 0 fully saturated rings.